The molecule has 0 aliphatic carbocycles. The highest BCUT2D eigenvalue weighted by Crippen LogP contribution is 2.20. The smallest absolute Gasteiger partial charge is 0.124 e. The van der Waals surface area contributed by atoms with E-state index in [0.29, 0.717) is 6.61 Å². The number of hydrogen-bond donors (Lipinski definition) is 1. The van der Waals surface area contributed by atoms with Crippen molar-refractivity contribution >= 4 is 0 Å². The monoisotopic (exact) mass is 223 g/mol. The Morgan fingerprint density at radius 2 is 2.12 bits per heavy atom. The molecule has 16 heavy (non-hydrogen) atoms. The van der Waals surface area contributed by atoms with Gasteiger partial charge in [0.1, 0.15) is 5.75 Å². The molecule has 1 aromatic rings. The molecular formula is C13H21NO2. The van der Waals surface area contributed by atoms with E-state index in [0.717, 1.165) is 30.9 Å². The molecule has 0 amide bonds. The second kappa shape index (κ2) is 7.25. The zero-order valence-corrected chi connectivity index (χ0v) is 10.4. The second-order valence-electron chi connectivity index (χ2n) is 3.73. The van der Waals surface area contributed by atoms with Crippen molar-refractivity contribution in [2.24, 2.45) is 0 Å². The molecule has 90 valence electrons. The number of methoxy groups -OCH3 is 1. The summed E-state index contributed by atoms with van der Waals surface area (Å²) in [5.41, 5.74) is 2.36. The lowest BCUT2D eigenvalue weighted by atomic mass is 10.1. The van der Waals surface area contributed by atoms with Crippen LogP contribution in [0.1, 0.15) is 24.5 Å². The Kier molecular flexibility index (Phi) is 5.90. The number of nitrogens with one attached hydrogen (secondary N) is 1. The van der Waals surface area contributed by atoms with Gasteiger partial charge in [0.25, 0.3) is 0 Å². The van der Waals surface area contributed by atoms with Gasteiger partial charge in [-0.1, -0.05) is 13.0 Å². The first-order valence-corrected chi connectivity index (χ1v) is 5.70. The van der Waals surface area contributed by atoms with Crippen molar-refractivity contribution < 1.29 is 9.47 Å². The molecule has 0 saturated carbocycles. The predicted molar refractivity (Wildman–Crippen MR) is 65.7 cm³/mol. The summed E-state index contributed by atoms with van der Waals surface area (Å²) in [6.45, 7) is 4.38. The number of hydrogen-bond acceptors (Lipinski definition) is 3. The Balaban J connectivity index is 2.72. The van der Waals surface area contributed by atoms with Crippen molar-refractivity contribution in [1.82, 2.24) is 5.32 Å². The van der Waals surface area contributed by atoms with Crippen LogP contribution in [0.3, 0.4) is 0 Å². The van der Waals surface area contributed by atoms with Crippen LogP contribution in [0.2, 0.25) is 0 Å². The maximum atomic E-state index is 5.54. The standard InChI is InChI=1S/C13H21NO2/c1-4-7-16-10-12-8-11(9-14-2)5-6-13(12)15-3/h5-6,8,14H,4,7,9-10H2,1-3H3. The van der Waals surface area contributed by atoms with Crippen molar-refractivity contribution in [2.75, 3.05) is 20.8 Å². The van der Waals surface area contributed by atoms with Crippen LogP contribution in [0.25, 0.3) is 0 Å². The van der Waals surface area contributed by atoms with Crippen molar-refractivity contribution in [1.29, 1.82) is 0 Å². The molecule has 0 spiro atoms. The Hall–Kier alpha value is -1.06. The molecule has 1 N–H and O–H groups in total. The maximum Gasteiger partial charge on any atom is 0.124 e. The van der Waals surface area contributed by atoms with Gasteiger partial charge >= 0.3 is 0 Å². The quantitative estimate of drug-likeness (QED) is 0.720. The maximum absolute atomic E-state index is 5.54. The van der Waals surface area contributed by atoms with E-state index in [1.54, 1.807) is 7.11 Å². The highest BCUT2D eigenvalue weighted by atomic mass is 16.5. The Labute approximate surface area is 97.8 Å². The molecule has 1 rings (SSSR count). The van der Waals surface area contributed by atoms with Gasteiger partial charge in [0.05, 0.1) is 13.7 Å². The molecule has 0 aromatic heterocycles. The van der Waals surface area contributed by atoms with Crippen LogP contribution in [0.4, 0.5) is 0 Å². The van der Waals surface area contributed by atoms with Gasteiger partial charge in [-0.15, -0.1) is 0 Å². The number of rotatable bonds is 7. The van der Waals surface area contributed by atoms with Gasteiger partial charge in [-0.2, -0.15) is 0 Å². The minimum absolute atomic E-state index is 0.620. The van der Waals surface area contributed by atoms with Crippen molar-refractivity contribution in [3.05, 3.63) is 29.3 Å². The summed E-state index contributed by atoms with van der Waals surface area (Å²) in [5, 5.41) is 3.13. The van der Waals surface area contributed by atoms with E-state index in [-0.39, 0.29) is 0 Å². The van der Waals surface area contributed by atoms with Crippen LogP contribution in [0, 0.1) is 0 Å². The van der Waals surface area contributed by atoms with Crippen LogP contribution < -0.4 is 10.1 Å². The third-order valence-electron chi connectivity index (χ3n) is 2.33. The molecule has 0 unspecified atom stereocenters. The molecule has 0 atom stereocenters. The highest BCUT2D eigenvalue weighted by molar-refractivity contribution is 5.36. The SMILES string of the molecule is CCCOCc1cc(CNC)ccc1OC. The fraction of sp³-hybridized carbons (Fsp3) is 0.538. The Bertz CT molecular complexity index is 313. The zero-order chi connectivity index (χ0) is 11.8. The highest BCUT2D eigenvalue weighted by Gasteiger charge is 2.04. The minimum atomic E-state index is 0.620. The number of ether oxygens (including phenoxy) is 2. The lowest BCUT2D eigenvalue weighted by Crippen LogP contribution is -2.06. The molecule has 0 saturated heterocycles. The summed E-state index contributed by atoms with van der Waals surface area (Å²) in [6, 6.07) is 6.20. The lowest BCUT2D eigenvalue weighted by molar-refractivity contribution is 0.119. The molecule has 1 aromatic carbocycles. The molecule has 0 heterocycles. The molecule has 0 aliphatic heterocycles. The Morgan fingerprint density at radius 1 is 1.31 bits per heavy atom. The summed E-state index contributed by atoms with van der Waals surface area (Å²) in [7, 11) is 3.63. The van der Waals surface area contributed by atoms with Crippen LogP contribution >= 0.6 is 0 Å². The van der Waals surface area contributed by atoms with E-state index in [4.69, 9.17) is 9.47 Å². The number of benzene rings is 1. The summed E-state index contributed by atoms with van der Waals surface area (Å²) in [4.78, 5) is 0. The molecule has 0 aliphatic rings. The van der Waals surface area contributed by atoms with E-state index < -0.39 is 0 Å². The predicted octanol–water partition coefficient (Wildman–Crippen LogP) is 2.34. The van der Waals surface area contributed by atoms with Gasteiger partial charge in [-0.05, 0) is 31.2 Å². The molecule has 3 heteroatoms. The van der Waals surface area contributed by atoms with Gasteiger partial charge in [0.15, 0.2) is 0 Å². The van der Waals surface area contributed by atoms with E-state index in [2.05, 4.69) is 24.4 Å². The van der Waals surface area contributed by atoms with Crippen LogP contribution in [-0.4, -0.2) is 20.8 Å². The third kappa shape index (κ3) is 3.83. The normalized spacial score (nSPS) is 10.4. The molecular weight excluding hydrogens is 202 g/mol. The summed E-state index contributed by atoms with van der Waals surface area (Å²) in [6.07, 6.45) is 1.04. The largest absolute Gasteiger partial charge is 0.496 e. The molecule has 0 radical (unpaired) electrons. The van der Waals surface area contributed by atoms with E-state index >= 15 is 0 Å². The molecule has 0 fully saturated rings. The van der Waals surface area contributed by atoms with Crippen molar-refractivity contribution in [2.45, 2.75) is 26.5 Å². The van der Waals surface area contributed by atoms with E-state index in [9.17, 15) is 0 Å². The van der Waals surface area contributed by atoms with Crippen LogP contribution in [-0.2, 0) is 17.9 Å². The first-order chi connectivity index (χ1) is 7.81. The fourth-order valence-electron chi connectivity index (χ4n) is 1.59. The first kappa shape index (κ1) is 13.0. The topological polar surface area (TPSA) is 30.5 Å². The van der Waals surface area contributed by atoms with Gasteiger partial charge in [-0.25, -0.2) is 0 Å². The van der Waals surface area contributed by atoms with Gasteiger partial charge in [0.2, 0.25) is 0 Å². The molecule has 3 nitrogen and oxygen atoms in total. The average molecular weight is 223 g/mol. The van der Waals surface area contributed by atoms with E-state index in [1.165, 1.54) is 5.56 Å². The van der Waals surface area contributed by atoms with Crippen molar-refractivity contribution in [3.8, 4) is 5.75 Å². The average Bonchev–Trinajstić information content (AvgIpc) is 2.30. The van der Waals surface area contributed by atoms with Crippen LogP contribution in [0.5, 0.6) is 5.75 Å². The zero-order valence-electron chi connectivity index (χ0n) is 10.4. The molecule has 0 bridgehead atoms. The van der Waals surface area contributed by atoms with Crippen LogP contribution in [0.15, 0.2) is 18.2 Å². The third-order valence-corrected chi connectivity index (χ3v) is 2.33. The summed E-state index contributed by atoms with van der Waals surface area (Å²) < 4.78 is 10.9. The van der Waals surface area contributed by atoms with Crippen molar-refractivity contribution in [3.63, 3.8) is 0 Å². The van der Waals surface area contributed by atoms with Gasteiger partial charge in [0, 0.05) is 18.7 Å². The lowest BCUT2D eigenvalue weighted by Gasteiger charge is -2.11. The Morgan fingerprint density at radius 3 is 2.75 bits per heavy atom. The summed E-state index contributed by atoms with van der Waals surface area (Å²) in [5.74, 6) is 0.899. The van der Waals surface area contributed by atoms with E-state index in [1.807, 2.05) is 13.1 Å². The van der Waals surface area contributed by atoms with Gasteiger partial charge in [-0.3, -0.25) is 0 Å². The van der Waals surface area contributed by atoms with Gasteiger partial charge < -0.3 is 14.8 Å². The minimum Gasteiger partial charge on any atom is -0.496 e. The fourth-order valence-corrected chi connectivity index (χ4v) is 1.59. The second-order valence-corrected chi connectivity index (χ2v) is 3.73. The summed E-state index contributed by atoms with van der Waals surface area (Å²) >= 11 is 0. The first-order valence-electron chi connectivity index (χ1n) is 5.70.